The molecule has 0 aliphatic carbocycles. The number of hydrogen-bond donors (Lipinski definition) is 1. The van der Waals surface area contributed by atoms with Crippen molar-refractivity contribution in [1.82, 2.24) is 4.31 Å². The highest BCUT2D eigenvalue weighted by Crippen LogP contribution is 2.29. The minimum atomic E-state index is -3.66. The molecule has 1 aliphatic rings. The van der Waals surface area contributed by atoms with Gasteiger partial charge in [0.15, 0.2) is 0 Å². The van der Waals surface area contributed by atoms with E-state index in [1.165, 1.54) is 4.31 Å². The predicted octanol–water partition coefficient (Wildman–Crippen LogP) is 2.18. The Labute approximate surface area is 125 Å². The average molecular weight is 311 g/mol. The number of piperidine rings is 1. The molecule has 1 saturated heterocycles. The van der Waals surface area contributed by atoms with E-state index >= 15 is 0 Å². The Morgan fingerprint density at radius 3 is 2.52 bits per heavy atom. The van der Waals surface area contributed by atoms with E-state index in [4.69, 9.17) is 5.11 Å². The number of hydrogen-bond acceptors (Lipinski definition) is 3. The summed E-state index contributed by atoms with van der Waals surface area (Å²) in [6.45, 7) is 5.56. The third-order valence-electron chi connectivity index (χ3n) is 4.09. The van der Waals surface area contributed by atoms with Crippen LogP contribution in [-0.2, 0) is 14.8 Å². The van der Waals surface area contributed by atoms with Gasteiger partial charge in [0.1, 0.15) is 0 Å². The molecule has 0 aromatic heterocycles. The van der Waals surface area contributed by atoms with Gasteiger partial charge in [-0.05, 0) is 45.2 Å². The van der Waals surface area contributed by atoms with Gasteiger partial charge in [-0.1, -0.05) is 17.7 Å². The molecule has 21 heavy (non-hydrogen) atoms. The highest BCUT2D eigenvalue weighted by molar-refractivity contribution is 7.89. The summed E-state index contributed by atoms with van der Waals surface area (Å²) in [5, 5.41) is 9.15. The summed E-state index contributed by atoms with van der Waals surface area (Å²) in [6, 6.07) is 5.03. The largest absolute Gasteiger partial charge is 0.481 e. The van der Waals surface area contributed by atoms with E-state index in [0.717, 1.165) is 5.56 Å². The lowest BCUT2D eigenvalue weighted by molar-refractivity contribution is -0.143. The van der Waals surface area contributed by atoms with E-state index < -0.39 is 21.9 Å². The van der Waals surface area contributed by atoms with Crippen LogP contribution >= 0.6 is 0 Å². The van der Waals surface area contributed by atoms with Gasteiger partial charge in [-0.3, -0.25) is 4.79 Å². The van der Waals surface area contributed by atoms with E-state index in [9.17, 15) is 13.2 Å². The van der Waals surface area contributed by atoms with Gasteiger partial charge in [-0.25, -0.2) is 8.42 Å². The second kappa shape index (κ2) is 5.77. The summed E-state index contributed by atoms with van der Waals surface area (Å²) in [6.07, 6.45) is 1.09. The van der Waals surface area contributed by atoms with Gasteiger partial charge in [-0.15, -0.1) is 0 Å². The van der Waals surface area contributed by atoms with Crippen LogP contribution in [0.1, 0.15) is 30.9 Å². The van der Waals surface area contributed by atoms with Crippen LogP contribution < -0.4 is 0 Å². The van der Waals surface area contributed by atoms with Crippen molar-refractivity contribution in [3.05, 3.63) is 29.3 Å². The minimum Gasteiger partial charge on any atom is -0.481 e. The zero-order valence-corrected chi connectivity index (χ0v) is 13.4. The molecule has 2 atom stereocenters. The van der Waals surface area contributed by atoms with Crippen molar-refractivity contribution in [3.8, 4) is 0 Å². The summed E-state index contributed by atoms with van der Waals surface area (Å²) in [4.78, 5) is 11.4. The van der Waals surface area contributed by atoms with Crippen LogP contribution in [0, 0.1) is 19.8 Å². The third kappa shape index (κ3) is 3.11. The lowest BCUT2D eigenvalue weighted by atomic mass is 9.96. The van der Waals surface area contributed by atoms with E-state index in [-0.39, 0.29) is 17.5 Å². The molecule has 1 fully saturated rings. The molecule has 2 rings (SSSR count). The molecule has 5 nitrogen and oxygen atoms in total. The molecule has 0 amide bonds. The zero-order chi connectivity index (χ0) is 15.8. The van der Waals surface area contributed by atoms with Crippen LogP contribution in [0.3, 0.4) is 0 Å². The molecule has 1 aliphatic heterocycles. The minimum absolute atomic E-state index is 0.0478. The first-order chi connectivity index (χ1) is 9.73. The normalized spacial score (nSPS) is 24.0. The van der Waals surface area contributed by atoms with Crippen molar-refractivity contribution >= 4 is 16.0 Å². The number of aliphatic carboxylic acids is 1. The maximum atomic E-state index is 12.8. The maximum absolute atomic E-state index is 12.8. The summed E-state index contributed by atoms with van der Waals surface area (Å²) in [5.74, 6) is -1.55. The Bertz CT molecular complexity index is 654. The molecule has 1 heterocycles. The molecule has 2 unspecified atom stereocenters. The Hall–Kier alpha value is -1.40. The van der Waals surface area contributed by atoms with Gasteiger partial charge in [0.2, 0.25) is 10.0 Å². The Morgan fingerprint density at radius 2 is 1.95 bits per heavy atom. The van der Waals surface area contributed by atoms with Gasteiger partial charge in [0.05, 0.1) is 10.8 Å². The number of benzene rings is 1. The lowest BCUT2D eigenvalue weighted by Crippen LogP contribution is -2.47. The first-order valence-electron chi connectivity index (χ1n) is 7.05. The van der Waals surface area contributed by atoms with E-state index in [1.54, 1.807) is 19.1 Å². The highest BCUT2D eigenvalue weighted by Gasteiger charge is 2.37. The molecule has 0 bridgehead atoms. The first kappa shape index (κ1) is 16.0. The van der Waals surface area contributed by atoms with E-state index in [2.05, 4.69) is 0 Å². The monoisotopic (exact) mass is 311 g/mol. The number of carbonyl (C=O) groups is 1. The Balaban J connectivity index is 2.39. The van der Waals surface area contributed by atoms with Crippen LogP contribution in [0.5, 0.6) is 0 Å². The quantitative estimate of drug-likeness (QED) is 0.928. The van der Waals surface area contributed by atoms with Crippen molar-refractivity contribution in [2.24, 2.45) is 5.92 Å². The molecule has 0 saturated carbocycles. The van der Waals surface area contributed by atoms with Gasteiger partial charge in [0.25, 0.3) is 0 Å². The summed E-state index contributed by atoms with van der Waals surface area (Å²) >= 11 is 0. The average Bonchev–Trinajstić information content (AvgIpc) is 2.38. The van der Waals surface area contributed by atoms with Crippen molar-refractivity contribution in [1.29, 1.82) is 0 Å². The van der Waals surface area contributed by atoms with Crippen molar-refractivity contribution < 1.29 is 18.3 Å². The molecule has 116 valence electrons. The fourth-order valence-electron chi connectivity index (χ4n) is 2.83. The number of rotatable bonds is 3. The fourth-order valence-corrected chi connectivity index (χ4v) is 4.74. The molecule has 0 radical (unpaired) electrons. The second-order valence-corrected chi connectivity index (χ2v) is 7.66. The van der Waals surface area contributed by atoms with Crippen LogP contribution in [0.25, 0.3) is 0 Å². The van der Waals surface area contributed by atoms with Gasteiger partial charge >= 0.3 is 5.97 Å². The molecule has 1 N–H and O–H groups in total. The SMILES string of the molecule is Cc1ccc(S(=O)(=O)N2CC(C(=O)O)CCC2C)c(C)c1. The van der Waals surface area contributed by atoms with E-state index in [1.807, 2.05) is 19.9 Å². The summed E-state index contributed by atoms with van der Waals surface area (Å²) in [7, 11) is -3.66. The van der Waals surface area contributed by atoms with Gasteiger partial charge in [0, 0.05) is 12.6 Å². The van der Waals surface area contributed by atoms with Crippen molar-refractivity contribution in [3.63, 3.8) is 0 Å². The third-order valence-corrected chi connectivity index (χ3v) is 6.23. The predicted molar refractivity (Wildman–Crippen MR) is 79.6 cm³/mol. The molecular weight excluding hydrogens is 290 g/mol. The number of carboxylic acid groups (broad SMARTS) is 1. The van der Waals surface area contributed by atoms with Crippen LogP contribution in [0.15, 0.2) is 23.1 Å². The van der Waals surface area contributed by atoms with Crippen molar-refractivity contribution in [2.75, 3.05) is 6.54 Å². The number of sulfonamides is 1. The Morgan fingerprint density at radius 1 is 1.29 bits per heavy atom. The number of nitrogens with zero attached hydrogens (tertiary/aromatic N) is 1. The van der Waals surface area contributed by atoms with Crippen LogP contribution in [0.2, 0.25) is 0 Å². The molecule has 1 aromatic rings. The Kier molecular flexibility index (Phi) is 4.39. The first-order valence-corrected chi connectivity index (χ1v) is 8.49. The number of aryl methyl sites for hydroxylation is 2. The standard InChI is InChI=1S/C15H21NO4S/c1-10-4-7-14(11(2)8-10)21(19,20)16-9-13(15(17)18)6-5-12(16)3/h4,7-8,12-13H,5-6,9H2,1-3H3,(H,17,18). The maximum Gasteiger partial charge on any atom is 0.307 e. The summed E-state index contributed by atoms with van der Waals surface area (Å²) < 4.78 is 27.0. The van der Waals surface area contributed by atoms with Crippen LogP contribution in [-0.4, -0.2) is 36.4 Å². The highest BCUT2D eigenvalue weighted by atomic mass is 32.2. The fraction of sp³-hybridized carbons (Fsp3) is 0.533. The smallest absolute Gasteiger partial charge is 0.307 e. The topological polar surface area (TPSA) is 74.7 Å². The van der Waals surface area contributed by atoms with Gasteiger partial charge in [-0.2, -0.15) is 4.31 Å². The van der Waals surface area contributed by atoms with E-state index in [0.29, 0.717) is 18.4 Å². The van der Waals surface area contributed by atoms with Gasteiger partial charge < -0.3 is 5.11 Å². The second-order valence-electron chi connectivity index (χ2n) is 5.81. The lowest BCUT2D eigenvalue weighted by Gasteiger charge is -2.35. The van der Waals surface area contributed by atoms with Crippen LogP contribution in [0.4, 0.5) is 0 Å². The molecule has 6 heteroatoms. The molecule has 0 spiro atoms. The molecular formula is C15H21NO4S. The molecule has 1 aromatic carbocycles. The van der Waals surface area contributed by atoms with Crippen molar-refractivity contribution in [2.45, 2.75) is 44.6 Å². The number of carboxylic acids is 1. The summed E-state index contributed by atoms with van der Waals surface area (Å²) in [5.41, 5.74) is 1.70. The zero-order valence-electron chi connectivity index (χ0n) is 12.5.